The highest BCUT2D eigenvalue weighted by Gasteiger charge is 2.29. The molecule has 6 nitrogen and oxygen atoms in total. The molecule has 1 saturated heterocycles. The van der Waals surface area contributed by atoms with E-state index in [1.54, 1.807) is 29.2 Å². The summed E-state index contributed by atoms with van der Waals surface area (Å²) in [5.74, 6) is -0.0530. The quantitative estimate of drug-likeness (QED) is 0.874. The fourth-order valence-corrected chi connectivity index (χ4v) is 3.81. The largest absolute Gasteiger partial charge is 0.353 e. The number of benzene rings is 1. The van der Waals surface area contributed by atoms with Crippen LogP contribution >= 0.6 is 0 Å². The number of hydrogen-bond acceptors (Lipinski definition) is 3. The molecule has 1 aromatic rings. The zero-order chi connectivity index (χ0) is 18.4. The average Bonchev–Trinajstić information content (AvgIpc) is 2.69. The lowest BCUT2D eigenvalue weighted by Gasteiger charge is -2.33. The standard InChI is InChI=1S/C20H26N4O2/c21-13-15-6-4-10-18(12-15)23-20(26)24-11-5-7-16(14-24)19(25)22-17-8-2-1-3-9-17/h4,6,10,12,16-17H,1-3,5,7-9,11,14H2,(H,22,25)(H,23,26)/t16-/m0/s1. The van der Waals surface area contributed by atoms with Gasteiger partial charge < -0.3 is 15.5 Å². The maximum absolute atomic E-state index is 12.6. The number of carbonyl (C=O) groups is 2. The van der Waals surface area contributed by atoms with Crippen molar-refractivity contribution in [2.24, 2.45) is 5.92 Å². The van der Waals surface area contributed by atoms with Gasteiger partial charge in [-0.15, -0.1) is 0 Å². The molecule has 1 heterocycles. The molecule has 2 aliphatic rings. The van der Waals surface area contributed by atoms with Crippen LogP contribution in [0.2, 0.25) is 0 Å². The molecule has 26 heavy (non-hydrogen) atoms. The van der Waals surface area contributed by atoms with Gasteiger partial charge in [0, 0.05) is 24.8 Å². The van der Waals surface area contributed by atoms with E-state index in [-0.39, 0.29) is 17.9 Å². The molecule has 3 rings (SSSR count). The van der Waals surface area contributed by atoms with Gasteiger partial charge in [0.1, 0.15) is 0 Å². The first-order valence-electron chi connectivity index (χ1n) is 9.52. The highest BCUT2D eigenvalue weighted by molar-refractivity contribution is 5.90. The van der Waals surface area contributed by atoms with Gasteiger partial charge in [-0.1, -0.05) is 25.3 Å². The number of piperidine rings is 1. The number of nitriles is 1. The van der Waals surface area contributed by atoms with Crippen LogP contribution in [0.5, 0.6) is 0 Å². The Bertz CT molecular complexity index is 691. The van der Waals surface area contributed by atoms with Gasteiger partial charge in [0.2, 0.25) is 5.91 Å². The topological polar surface area (TPSA) is 85.2 Å². The van der Waals surface area contributed by atoms with E-state index >= 15 is 0 Å². The number of nitrogens with one attached hydrogen (secondary N) is 2. The van der Waals surface area contributed by atoms with Crippen LogP contribution in [-0.2, 0) is 4.79 Å². The molecular weight excluding hydrogens is 328 g/mol. The summed E-state index contributed by atoms with van der Waals surface area (Å²) < 4.78 is 0. The van der Waals surface area contributed by atoms with Gasteiger partial charge >= 0.3 is 6.03 Å². The number of nitrogens with zero attached hydrogens (tertiary/aromatic N) is 2. The molecule has 1 saturated carbocycles. The second kappa shape index (κ2) is 8.70. The Morgan fingerprint density at radius 2 is 1.92 bits per heavy atom. The molecule has 3 amide bonds. The van der Waals surface area contributed by atoms with Crippen molar-refractivity contribution < 1.29 is 9.59 Å². The molecule has 0 aromatic heterocycles. The molecule has 2 fully saturated rings. The van der Waals surface area contributed by atoms with Gasteiger partial charge in [0.25, 0.3) is 0 Å². The van der Waals surface area contributed by atoms with E-state index in [0.29, 0.717) is 30.4 Å². The number of amides is 3. The Kier molecular flexibility index (Phi) is 6.11. The second-order valence-corrected chi connectivity index (χ2v) is 7.25. The summed E-state index contributed by atoms with van der Waals surface area (Å²) >= 11 is 0. The van der Waals surface area contributed by atoms with Crippen LogP contribution in [0.1, 0.15) is 50.5 Å². The van der Waals surface area contributed by atoms with Crippen molar-refractivity contribution >= 4 is 17.6 Å². The molecular formula is C20H26N4O2. The third kappa shape index (κ3) is 4.75. The number of carbonyl (C=O) groups excluding carboxylic acids is 2. The Morgan fingerprint density at radius 3 is 2.69 bits per heavy atom. The normalized spacial score (nSPS) is 20.9. The molecule has 0 bridgehead atoms. The van der Waals surface area contributed by atoms with E-state index in [1.165, 1.54) is 19.3 Å². The maximum atomic E-state index is 12.6. The van der Waals surface area contributed by atoms with Crippen LogP contribution in [-0.4, -0.2) is 36.0 Å². The van der Waals surface area contributed by atoms with E-state index in [4.69, 9.17) is 5.26 Å². The molecule has 0 unspecified atom stereocenters. The predicted octanol–water partition coefficient (Wildman–Crippen LogP) is 3.25. The molecule has 1 atom stereocenters. The van der Waals surface area contributed by atoms with E-state index in [9.17, 15) is 9.59 Å². The smallest absolute Gasteiger partial charge is 0.321 e. The first-order chi connectivity index (χ1) is 12.7. The Balaban J connectivity index is 1.54. The van der Waals surface area contributed by atoms with E-state index in [2.05, 4.69) is 16.7 Å². The van der Waals surface area contributed by atoms with E-state index in [0.717, 1.165) is 25.7 Å². The third-order valence-electron chi connectivity index (χ3n) is 5.27. The van der Waals surface area contributed by atoms with Crippen LogP contribution in [0.25, 0.3) is 0 Å². The lowest BCUT2D eigenvalue weighted by atomic mass is 9.93. The third-order valence-corrected chi connectivity index (χ3v) is 5.27. The number of urea groups is 1. The van der Waals surface area contributed by atoms with Crippen molar-refractivity contribution in [2.45, 2.75) is 51.0 Å². The minimum Gasteiger partial charge on any atom is -0.353 e. The van der Waals surface area contributed by atoms with Gasteiger partial charge in [-0.25, -0.2) is 4.79 Å². The SMILES string of the molecule is N#Cc1cccc(NC(=O)N2CCC[C@H](C(=O)NC3CCCCC3)C2)c1. The van der Waals surface area contributed by atoms with E-state index in [1.807, 2.05) is 0 Å². The summed E-state index contributed by atoms with van der Waals surface area (Å²) in [6.07, 6.45) is 7.42. The summed E-state index contributed by atoms with van der Waals surface area (Å²) in [7, 11) is 0. The highest BCUT2D eigenvalue weighted by Crippen LogP contribution is 2.21. The summed E-state index contributed by atoms with van der Waals surface area (Å²) in [6, 6.07) is 9.00. The molecule has 1 aliphatic carbocycles. The Hall–Kier alpha value is -2.55. The van der Waals surface area contributed by atoms with Crippen molar-refractivity contribution in [1.82, 2.24) is 10.2 Å². The first-order valence-corrected chi connectivity index (χ1v) is 9.52. The Labute approximate surface area is 154 Å². The minimum atomic E-state index is -0.213. The summed E-state index contributed by atoms with van der Waals surface area (Å²) in [4.78, 5) is 26.8. The predicted molar refractivity (Wildman–Crippen MR) is 99.5 cm³/mol. The van der Waals surface area contributed by atoms with Crippen molar-refractivity contribution in [3.05, 3.63) is 29.8 Å². The number of likely N-dealkylation sites (tertiary alicyclic amines) is 1. The fourth-order valence-electron chi connectivity index (χ4n) is 3.81. The molecule has 138 valence electrons. The van der Waals surface area contributed by atoms with Gasteiger partial charge in [0.15, 0.2) is 0 Å². The maximum Gasteiger partial charge on any atom is 0.321 e. The zero-order valence-corrected chi connectivity index (χ0v) is 15.0. The lowest BCUT2D eigenvalue weighted by Crippen LogP contribution is -2.48. The van der Waals surface area contributed by atoms with Gasteiger partial charge in [-0.3, -0.25) is 4.79 Å². The highest BCUT2D eigenvalue weighted by atomic mass is 16.2. The van der Waals surface area contributed by atoms with Gasteiger partial charge in [-0.05, 0) is 43.9 Å². The van der Waals surface area contributed by atoms with Crippen LogP contribution < -0.4 is 10.6 Å². The van der Waals surface area contributed by atoms with Crippen molar-refractivity contribution in [2.75, 3.05) is 18.4 Å². The van der Waals surface area contributed by atoms with Crippen molar-refractivity contribution in [3.8, 4) is 6.07 Å². The number of anilines is 1. The van der Waals surface area contributed by atoms with Crippen LogP contribution in [0.3, 0.4) is 0 Å². The summed E-state index contributed by atoms with van der Waals surface area (Å²) in [5, 5.41) is 15.0. The fraction of sp³-hybridized carbons (Fsp3) is 0.550. The zero-order valence-electron chi connectivity index (χ0n) is 15.0. The van der Waals surface area contributed by atoms with Crippen LogP contribution in [0.4, 0.5) is 10.5 Å². The number of rotatable bonds is 3. The second-order valence-electron chi connectivity index (χ2n) is 7.25. The molecule has 6 heteroatoms. The monoisotopic (exact) mass is 354 g/mol. The van der Waals surface area contributed by atoms with Crippen molar-refractivity contribution in [3.63, 3.8) is 0 Å². The first kappa shape index (κ1) is 18.2. The minimum absolute atomic E-state index is 0.0841. The molecule has 0 radical (unpaired) electrons. The molecule has 1 aromatic carbocycles. The van der Waals surface area contributed by atoms with E-state index < -0.39 is 0 Å². The number of hydrogen-bond donors (Lipinski definition) is 2. The lowest BCUT2D eigenvalue weighted by molar-refractivity contribution is -0.127. The Morgan fingerprint density at radius 1 is 1.12 bits per heavy atom. The van der Waals surface area contributed by atoms with Gasteiger partial charge in [-0.2, -0.15) is 5.26 Å². The molecule has 2 N–H and O–H groups in total. The van der Waals surface area contributed by atoms with Crippen LogP contribution in [0.15, 0.2) is 24.3 Å². The summed E-state index contributed by atoms with van der Waals surface area (Å²) in [5.41, 5.74) is 1.11. The average molecular weight is 354 g/mol. The molecule has 1 aliphatic heterocycles. The summed E-state index contributed by atoms with van der Waals surface area (Å²) in [6.45, 7) is 1.10. The van der Waals surface area contributed by atoms with Crippen molar-refractivity contribution in [1.29, 1.82) is 5.26 Å². The molecule has 0 spiro atoms. The van der Waals surface area contributed by atoms with Gasteiger partial charge in [0.05, 0.1) is 17.6 Å². The van der Waals surface area contributed by atoms with Crippen LogP contribution in [0, 0.1) is 17.2 Å².